The molecule has 0 N–H and O–H groups in total. The lowest BCUT2D eigenvalue weighted by Gasteiger charge is -2.37. The second kappa shape index (κ2) is 6.42. The van der Waals surface area contributed by atoms with Crippen LogP contribution in [0.15, 0.2) is 0 Å². The largest absolute Gasteiger partial charge is 0.342 e. The molecule has 3 rings (SSSR count). The van der Waals surface area contributed by atoms with E-state index in [2.05, 4.69) is 16.8 Å². The fourth-order valence-corrected chi connectivity index (χ4v) is 4.81. The zero-order chi connectivity index (χ0) is 16.6. The summed E-state index contributed by atoms with van der Waals surface area (Å²) in [6, 6.07) is 0.292. The third-order valence-corrected chi connectivity index (χ3v) is 6.21. The van der Waals surface area contributed by atoms with Gasteiger partial charge in [-0.1, -0.05) is 13.8 Å². The molecule has 0 aromatic rings. The van der Waals surface area contributed by atoms with Gasteiger partial charge >= 0.3 is 0 Å². The van der Waals surface area contributed by atoms with Gasteiger partial charge in [-0.25, -0.2) is 0 Å². The molecule has 0 aromatic carbocycles. The normalized spacial score (nSPS) is 32.3. The first-order valence-corrected chi connectivity index (χ1v) is 9.24. The fourth-order valence-electron chi connectivity index (χ4n) is 4.81. The predicted molar refractivity (Wildman–Crippen MR) is 89.9 cm³/mol. The van der Waals surface area contributed by atoms with Gasteiger partial charge in [-0.3, -0.25) is 9.59 Å². The first kappa shape index (κ1) is 16.7. The summed E-state index contributed by atoms with van der Waals surface area (Å²) in [5.74, 6) is 0.635. The standard InChI is InChI=1S/C18H31N3O2/c1-14(2)16(22)20-11-6-15-18(8-13-20,7-12-19(15)3)17(23)21-9-4-5-10-21/h14-15H,4-13H2,1-3H3/t15-,18-/m1/s1. The van der Waals surface area contributed by atoms with Crippen LogP contribution in [0.3, 0.4) is 0 Å². The molecule has 3 aliphatic rings. The maximum absolute atomic E-state index is 13.3. The predicted octanol–water partition coefficient (Wildman–Crippen LogP) is 1.58. The van der Waals surface area contributed by atoms with E-state index in [-0.39, 0.29) is 17.2 Å². The third-order valence-electron chi connectivity index (χ3n) is 6.21. The van der Waals surface area contributed by atoms with Crippen LogP contribution >= 0.6 is 0 Å². The maximum Gasteiger partial charge on any atom is 0.230 e. The SMILES string of the molecule is CC(C)C(=O)N1CC[C@H]2N(C)CC[C@@]2(C(=O)N2CCCC2)CC1. The molecule has 5 nitrogen and oxygen atoms in total. The van der Waals surface area contributed by atoms with E-state index in [1.807, 2.05) is 18.7 Å². The molecule has 0 saturated carbocycles. The lowest BCUT2D eigenvalue weighted by Crippen LogP contribution is -2.49. The summed E-state index contributed by atoms with van der Waals surface area (Å²) < 4.78 is 0. The Morgan fingerprint density at radius 3 is 2.26 bits per heavy atom. The van der Waals surface area contributed by atoms with Crippen LogP contribution in [0.5, 0.6) is 0 Å². The highest BCUT2D eigenvalue weighted by Crippen LogP contribution is 2.45. The van der Waals surface area contributed by atoms with Crippen LogP contribution in [0, 0.1) is 11.3 Å². The molecule has 0 spiro atoms. The Morgan fingerprint density at radius 1 is 0.957 bits per heavy atom. The number of carbonyl (C=O) groups excluding carboxylic acids is 2. The molecule has 130 valence electrons. The van der Waals surface area contributed by atoms with Crippen LogP contribution in [0.2, 0.25) is 0 Å². The van der Waals surface area contributed by atoms with Gasteiger partial charge in [0.25, 0.3) is 0 Å². The minimum atomic E-state index is -0.259. The number of fused-ring (bicyclic) bond motifs is 1. The van der Waals surface area contributed by atoms with Gasteiger partial charge in [0.15, 0.2) is 0 Å². The van der Waals surface area contributed by atoms with Crippen molar-refractivity contribution in [1.82, 2.24) is 14.7 Å². The lowest BCUT2D eigenvalue weighted by atomic mass is 9.75. The molecule has 2 amide bonds. The molecule has 3 saturated heterocycles. The highest BCUT2D eigenvalue weighted by molar-refractivity contribution is 5.85. The van der Waals surface area contributed by atoms with Crippen LogP contribution < -0.4 is 0 Å². The van der Waals surface area contributed by atoms with Crippen LogP contribution in [0.1, 0.15) is 46.0 Å². The lowest BCUT2D eigenvalue weighted by molar-refractivity contribution is -0.143. The minimum absolute atomic E-state index is 0.0379. The molecular formula is C18H31N3O2. The molecule has 3 aliphatic heterocycles. The molecule has 0 unspecified atom stereocenters. The van der Waals surface area contributed by atoms with E-state index in [1.54, 1.807) is 0 Å². The fraction of sp³-hybridized carbons (Fsp3) is 0.889. The zero-order valence-electron chi connectivity index (χ0n) is 14.9. The number of hydrogen-bond donors (Lipinski definition) is 0. The molecular weight excluding hydrogens is 290 g/mol. The van der Waals surface area contributed by atoms with Gasteiger partial charge in [-0.05, 0) is 45.7 Å². The summed E-state index contributed by atoms with van der Waals surface area (Å²) in [7, 11) is 2.14. The Hall–Kier alpha value is -1.10. The van der Waals surface area contributed by atoms with Gasteiger partial charge < -0.3 is 14.7 Å². The summed E-state index contributed by atoms with van der Waals surface area (Å²) in [5.41, 5.74) is -0.259. The Balaban J connectivity index is 1.81. The Labute approximate surface area is 140 Å². The van der Waals surface area contributed by atoms with Crippen molar-refractivity contribution in [3.63, 3.8) is 0 Å². The Bertz CT molecular complexity index is 473. The number of rotatable bonds is 2. The smallest absolute Gasteiger partial charge is 0.230 e. The molecule has 0 radical (unpaired) electrons. The van der Waals surface area contributed by atoms with Crippen molar-refractivity contribution in [3.8, 4) is 0 Å². The molecule has 3 fully saturated rings. The molecule has 5 heteroatoms. The van der Waals surface area contributed by atoms with Gasteiger partial charge in [0.1, 0.15) is 0 Å². The molecule has 2 atom stereocenters. The van der Waals surface area contributed by atoms with Crippen LogP contribution in [-0.4, -0.2) is 72.3 Å². The Kier molecular flexibility index (Phi) is 4.68. The topological polar surface area (TPSA) is 43.9 Å². The van der Waals surface area contributed by atoms with Crippen LogP contribution in [-0.2, 0) is 9.59 Å². The molecule has 0 bridgehead atoms. The van der Waals surface area contributed by atoms with Gasteiger partial charge in [-0.15, -0.1) is 0 Å². The summed E-state index contributed by atoms with van der Waals surface area (Å²) in [6.45, 7) is 8.30. The second-order valence-corrected chi connectivity index (χ2v) is 7.92. The zero-order valence-corrected chi connectivity index (χ0v) is 14.9. The van der Waals surface area contributed by atoms with Gasteiger partial charge in [0, 0.05) is 38.1 Å². The first-order valence-electron chi connectivity index (χ1n) is 9.24. The average Bonchev–Trinajstić information content (AvgIpc) is 3.11. The van der Waals surface area contributed by atoms with E-state index in [0.29, 0.717) is 11.9 Å². The summed E-state index contributed by atoms with van der Waals surface area (Å²) in [6.07, 6.45) is 4.98. The van der Waals surface area contributed by atoms with Crippen LogP contribution in [0.25, 0.3) is 0 Å². The third kappa shape index (κ3) is 2.88. The van der Waals surface area contributed by atoms with E-state index in [9.17, 15) is 9.59 Å². The first-order chi connectivity index (χ1) is 11.0. The van der Waals surface area contributed by atoms with E-state index in [0.717, 1.165) is 64.8 Å². The monoisotopic (exact) mass is 321 g/mol. The number of nitrogens with zero attached hydrogens (tertiary/aromatic N) is 3. The van der Waals surface area contributed by atoms with Crippen molar-refractivity contribution in [2.45, 2.75) is 52.0 Å². The second-order valence-electron chi connectivity index (χ2n) is 7.92. The van der Waals surface area contributed by atoms with Gasteiger partial charge in [-0.2, -0.15) is 0 Å². The summed E-state index contributed by atoms with van der Waals surface area (Å²) in [4.78, 5) is 32.2. The van der Waals surface area contributed by atoms with Crippen LogP contribution in [0.4, 0.5) is 0 Å². The summed E-state index contributed by atoms with van der Waals surface area (Å²) in [5, 5.41) is 0. The van der Waals surface area contributed by atoms with Crippen molar-refractivity contribution in [3.05, 3.63) is 0 Å². The number of likely N-dealkylation sites (tertiary alicyclic amines) is 3. The number of carbonyl (C=O) groups is 2. The minimum Gasteiger partial charge on any atom is -0.342 e. The quantitative estimate of drug-likeness (QED) is 0.775. The maximum atomic E-state index is 13.3. The van der Waals surface area contributed by atoms with E-state index in [4.69, 9.17) is 0 Å². The van der Waals surface area contributed by atoms with E-state index >= 15 is 0 Å². The molecule has 0 aliphatic carbocycles. The van der Waals surface area contributed by atoms with Gasteiger partial charge in [0.05, 0.1) is 5.41 Å². The van der Waals surface area contributed by atoms with Crippen molar-refractivity contribution < 1.29 is 9.59 Å². The highest BCUT2D eigenvalue weighted by atomic mass is 16.2. The van der Waals surface area contributed by atoms with E-state index in [1.165, 1.54) is 0 Å². The molecule has 3 heterocycles. The van der Waals surface area contributed by atoms with Crippen molar-refractivity contribution in [1.29, 1.82) is 0 Å². The average molecular weight is 321 g/mol. The number of amides is 2. The highest BCUT2D eigenvalue weighted by Gasteiger charge is 2.54. The van der Waals surface area contributed by atoms with Gasteiger partial charge in [0.2, 0.25) is 11.8 Å². The van der Waals surface area contributed by atoms with Crippen molar-refractivity contribution >= 4 is 11.8 Å². The number of hydrogen-bond acceptors (Lipinski definition) is 3. The summed E-state index contributed by atoms with van der Waals surface area (Å²) >= 11 is 0. The van der Waals surface area contributed by atoms with Crippen molar-refractivity contribution in [2.75, 3.05) is 39.8 Å². The Morgan fingerprint density at radius 2 is 1.61 bits per heavy atom. The molecule has 23 heavy (non-hydrogen) atoms. The van der Waals surface area contributed by atoms with Crippen molar-refractivity contribution in [2.24, 2.45) is 11.3 Å². The van der Waals surface area contributed by atoms with E-state index < -0.39 is 0 Å². The molecule has 0 aromatic heterocycles.